The Bertz CT molecular complexity index is 792. The molecule has 1 fully saturated rings. The Morgan fingerprint density at radius 1 is 0.926 bits per heavy atom. The normalized spacial score (nSPS) is 16.3. The molecule has 1 aliphatic carbocycles. The summed E-state index contributed by atoms with van der Waals surface area (Å²) in [6, 6.07) is 19.4. The Morgan fingerprint density at radius 3 is 1.93 bits per heavy atom. The first-order chi connectivity index (χ1) is 12.5. The van der Waals surface area contributed by atoms with Crippen LogP contribution in [0.3, 0.4) is 0 Å². The van der Waals surface area contributed by atoms with E-state index in [4.69, 9.17) is 9.47 Å². The van der Waals surface area contributed by atoms with Crippen LogP contribution in [0.4, 0.5) is 0 Å². The van der Waals surface area contributed by atoms with Crippen molar-refractivity contribution in [2.75, 3.05) is 6.61 Å². The van der Waals surface area contributed by atoms with Crippen molar-refractivity contribution in [1.82, 2.24) is 0 Å². The van der Waals surface area contributed by atoms with E-state index in [1.165, 1.54) is 0 Å². The van der Waals surface area contributed by atoms with E-state index in [-0.39, 0.29) is 64.4 Å². The van der Waals surface area contributed by atoms with E-state index >= 15 is 0 Å². The van der Waals surface area contributed by atoms with Crippen LogP contribution in [0.5, 0.6) is 0 Å². The van der Waals surface area contributed by atoms with E-state index in [9.17, 15) is 13.0 Å². The molecule has 0 spiro atoms. The molecule has 0 radical (unpaired) electrons. The minimum absolute atomic E-state index is 0. The predicted octanol–water partition coefficient (Wildman–Crippen LogP) is 0.261. The molecule has 1 saturated carbocycles. The van der Waals surface area contributed by atoms with Crippen molar-refractivity contribution in [1.29, 1.82) is 0 Å². The second-order valence-electron chi connectivity index (χ2n) is 6.76. The maximum Gasteiger partial charge on any atom is 1.00 e. The van der Waals surface area contributed by atoms with Crippen molar-refractivity contribution in [3.05, 3.63) is 71.8 Å². The number of hydrogen-bond acceptors (Lipinski definition) is 5. The molecule has 0 aromatic heterocycles. The van der Waals surface area contributed by atoms with Crippen molar-refractivity contribution < 1.29 is 73.8 Å². The first kappa shape index (κ1) is 23.2. The summed E-state index contributed by atoms with van der Waals surface area (Å²) in [5.41, 5.74) is 2.03. The molecule has 0 bridgehead atoms. The van der Waals surface area contributed by atoms with Crippen LogP contribution in [0, 0.1) is 0 Å². The molecule has 2 aromatic carbocycles. The molecular weight excluding hydrogens is 391 g/mol. The topological polar surface area (TPSA) is 75.7 Å². The molecule has 2 aromatic rings. The van der Waals surface area contributed by atoms with Crippen LogP contribution in [0.1, 0.15) is 30.4 Å². The molecule has 0 heterocycles. The van der Waals surface area contributed by atoms with Crippen LogP contribution in [0.25, 0.3) is 0 Å². The van der Waals surface area contributed by atoms with Gasteiger partial charge < -0.3 is 14.0 Å². The van der Waals surface area contributed by atoms with Gasteiger partial charge in [0.2, 0.25) is 0 Å². The molecule has 1 aliphatic rings. The van der Waals surface area contributed by atoms with E-state index in [0.717, 1.165) is 11.1 Å². The summed E-state index contributed by atoms with van der Waals surface area (Å²) in [6.45, 7) is 1.03. The molecule has 5 nitrogen and oxygen atoms in total. The summed E-state index contributed by atoms with van der Waals surface area (Å²) in [4.78, 5) is 0. The van der Waals surface area contributed by atoms with Gasteiger partial charge in [0.05, 0.1) is 30.7 Å². The average Bonchev–Trinajstić information content (AvgIpc) is 3.42. The SMILES string of the molecule is O=S(=O)([O-])C1(CC(COCc2ccccc2)OCc2ccccc2)CC1.[K+]. The summed E-state index contributed by atoms with van der Waals surface area (Å²) in [6.07, 6.45) is 0.552. The van der Waals surface area contributed by atoms with Gasteiger partial charge in [0, 0.05) is 0 Å². The van der Waals surface area contributed by atoms with Gasteiger partial charge in [-0.1, -0.05) is 60.7 Å². The fraction of sp³-hybridized carbons (Fsp3) is 0.400. The molecule has 7 heteroatoms. The summed E-state index contributed by atoms with van der Waals surface area (Å²) in [5, 5.41) is 0. The Hall–Kier alpha value is -0.0936. The zero-order valence-corrected chi connectivity index (χ0v) is 19.5. The fourth-order valence-corrected chi connectivity index (χ4v) is 3.94. The number of benzene rings is 2. The van der Waals surface area contributed by atoms with E-state index in [1.807, 2.05) is 60.7 Å². The second kappa shape index (κ2) is 10.6. The van der Waals surface area contributed by atoms with Gasteiger partial charge in [0.1, 0.15) is 10.1 Å². The number of hydrogen-bond donors (Lipinski definition) is 0. The second-order valence-corrected chi connectivity index (χ2v) is 8.53. The van der Waals surface area contributed by atoms with Gasteiger partial charge in [-0.2, -0.15) is 0 Å². The van der Waals surface area contributed by atoms with Gasteiger partial charge in [-0.05, 0) is 30.4 Å². The molecule has 1 unspecified atom stereocenters. The van der Waals surface area contributed by atoms with E-state index in [2.05, 4.69) is 0 Å². The van der Waals surface area contributed by atoms with Crippen molar-refractivity contribution in [2.24, 2.45) is 0 Å². The zero-order chi connectivity index (χ0) is 18.5. The Kier molecular flexibility index (Phi) is 9.12. The minimum atomic E-state index is -4.33. The minimum Gasteiger partial charge on any atom is -0.748 e. The van der Waals surface area contributed by atoms with E-state index in [1.54, 1.807) is 0 Å². The maximum absolute atomic E-state index is 11.6. The van der Waals surface area contributed by atoms with Gasteiger partial charge in [-0.3, -0.25) is 0 Å². The van der Waals surface area contributed by atoms with Crippen molar-refractivity contribution in [3.63, 3.8) is 0 Å². The van der Waals surface area contributed by atoms with Crippen molar-refractivity contribution in [3.8, 4) is 0 Å². The third kappa shape index (κ3) is 7.03. The fourth-order valence-electron chi connectivity index (χ4n) is 2.95. The molecule has 3 rings (SSSR count). The Labute approximate surface area is 203 Å². The van der Waals surface area contributed by atoms with E-state index in [0.29, 0.717) is 26.1 Å². The third-order valence-electron chi connectivity index (χ3n) is 4.68. The van der Waals surface area contributed by atoms with Crippen LogP contribution in [-0.4, -0.2) is 30.4 Å². The van der Waals surface area contributed by atoms with Gasteiger partial charge in [0.15, 0.2) is 0 Å². The van der Waals surface area contributed by atoms with Crippen molar-refractivity contribution in [2.45, 2.75) is 43.3 Å². The number of rotatable bonds is 10. The summed E-state index contributed by atoms with van der Waals surface area (Å²) < 4.78 is 45.2. The van der Waals surface area contributed by atoms with Crippen molar-refractivity contribution >= 4 is 10.1 Å². The van der Waals surface area contributed by atoms with Gasteiger partial charge in [-0.25, -0.2) is 8.42 Å². The van der Waals surface area contributed by atoms with Crippen LogP contribution >= 0.6 is 0 Å². The zero-order valence-electron chi connectivity index (χ0n) is 15.5. The average molecular weight is 415 g/mol. The summed E-state index contributed by atoms with van der Waals surface area (Å²) in [7, 11) is -4.33. The first-order valence-electron chi connectivity index (χ1n) is 8.71. The van der Waals surface area contributed by atoms with Crippen LogP contribution < -0.4 is 51.4 Å². The Morgan fingerprint density at radius 2 is 1.44 bits per heavy atom. The molecule has 0 amide bonds. The van der Waals surface area contributed by atoms with Gasteiger partial charge in [0.25, 0.3) is 0 Å². The molecular formula is C20H23KO5S. The molecule has 0 saturated heterocycles. The smallest absolute Gasteiger partial charge is 0.748 e. The van der Waals surface area contributed by atoms with Gasteiger partial charge in [-0.15, -0.1) is 0 Å². The third-order valence-corrected chi connectivity index (χ3v) is 6.32. The molecule has 1 atom stereocenters. The molecule has 0 aliphatic heterocycles. The molecule has 0 N–H and O–H groups in total. The standard InChI is InChI=1S/C20H24O5S.K/c21-26(22,23)20(11-12-20)13-19(25-15-18-9-5-2-6-10-18)16-24-14-17-7-3-1-4-8-17;/h1-10,19H,11-16H2,(H,21,22,23);/q;+1/p-1. The monoisotopic (exact) mass is 414 g/mol. The van der Waals surface area contributed by atoms with E-state index < -0.39 is 21.0 Å². The van der Waals surface area contributed by atoms with Crippen LogP contribution in [0.15, 0.2) is 60.7 Å². The largest absolute Gasteiger partial charge is 1.00 e. The molecule has 27 heavy (non-hydrogen) atoms. The Balaban J connectivity index is 0.00000261. The van der Waals surface area contributed by atoms with Crippen LogP contribution in [-0.2, 0) is 32.8 Å². The summed E-state index contributed by atoms with van der Waals surface area (Å²) in [5.74, 6) is 0. The predicted molar refractivity (Wildman–Crippen MR) is 97.4 cm³/mol. The summed E-state index contributed by atoms with van der Waals surface area (Å²) >= 11 is 0. The number of ether oxygens (including phenoxy) is 2. The maximum atomic E-state index is 11.6. The first-order valence-corrected chi connectivity index (χ1v) is 10.1. The quantitative estimate of drug-likeness (QED) is 0.412. The molecule has 140 valence electrons. The van der Waals surface area contributed by atoms with Crippen LogP contribution in [0.2, 0.25) is 0 Å². The van der Waals surface area contributed by atoms with Gasteiger partial charge >= 0.3 is 51.4 Å².